The Bertz CT molecular complexity index is 867. The van der Waals surface area contributed by atoms with Gasteiger partial charge in [0.25, 0.3) is 5.91 Å². The second-order valence-electron chi connectivity index (χ2n) is 5.98. The fourth-order valence-electron chi connectivity index (χ4n) is 2.51. The number of benzene rings is 1. The van der Waals surface area contributed by atoms with Crippen LogP contribution in [0.15, 0.2) is 36.2 Å². The highest BCUT2D eigenvalue weighted by Crippen LogP contribution is 2.32. The number of hydrogen-bond donors (Lipinski definition) is 2. The van der Waals surface area contributed by atoms with Gasteiger partial charge in [0.2, 0.25) is 0 Å². The Morgan fingerprint density at radius 2 is 2.14 bits per heavy atom. The lowest BCUT2D eigenvalue weighted by atomic mass is 10.1. The fraction of sp³-hybridized carbons (Fsp3) is 0.316. The van der Waals surface area contributed by atoms with E-state index >= 15 is 0 Å². The summed E-state index contributed by atoms with van der Waals surface area (Å²) < 4.78 is 16.1. The maximum Gasteiger partial charge on any atom is 0.358 e. The summed E-state index contributed by atoms with van der Waals surface area (Å²) in [5.74, 6) is 0.286. The van der Waals surface area contributed by atoms with E-state index in [0.717, 1.165) is 5.56 Å². The van der Waals surface area contributed by atoms with Crippen LogP contribution in [0.5, 0.6) is 11.5 Å². The zero-order chi connectivity index (χ0) is 19.9. The van der Waals surface area contributed by atoms with E-state index in [-0.39, 0.29) is 18.3 Å². The van der Waals surface area contributed by atoms with Crippen molar-refractivity contribution in [3.63, 3.8) is 0 Å². The summed E-state index contributed by atoms with van der Waals surface area (Å²) in [5.41, 5.74) is 1.02. The van der Waals surface area contributed by atoms with Gasteiger partial charge in [-0.25, -0.2) is 9.78 Å². The van der Waals surface area contributed by atoms with Crippen LogP contribution in [0.1, 0.15) is 29.0 Å². The normalized spacial score (nSPS) is 13.3. The standard InChI is InChI=1S/C19H21N3O5S/c1-3-6-20-19-22-14(11-28-19)18(24)27-10-17(23)21-12(2)13-4-5-15-16(9-13)26-8-7-25-15/h3-5,9,11-12H,1,6-8,10H2,2H3,(H,20,22)(H,21,23)/t12-/m1/s1. The summed E-state index contributed by atoms with van der Waals surface area (Å²) in [7, 11) is 0. The molecule has 3 rings (SSSR count). The van der Waals surface area contributed by atoms with E-state index < -0.39 is 11.9 Å². The van der Waals surface area contributed by atoms with Crippen molar-refractivity contribution in [2.75, 3.05) is 31.7 Å². The first-order valence-corrected chi connectivity index (χ1v) is 9.61. The lowest BCUT2D eigenvalue weighted by Crippen LogP contribution is -2.31. The number of carbonyl (C=O) groups excluding carboxylic acids is 2. The molecule has 1 aromatic heterocycles. The maximum atomic E-state index is 12.1. The zero-order valence-electron chi connectivity index (χ0n) is 15.4. The van der Waals surface area contributed by atoms with Gasteiger partial charge in [0, 0.05) is 11.9 Å². The smallest absolute Gasteiger partial charge is 0.358 e. The molecule has 1 aliphatic rings. The number of nitrogens with one attached hydrogen (secondary N) is 2. The summed E-state index contributed by atoms with van der Waals surface area (Å²) in [6, 6.07) is 5.22. The van der Waals surface area contributed by atoms with E-state index in [0.29, 0.717) is 36.4 Å². The lowest BCUT2D eigenvalue weighted by Gasteiger charge is -2.21. The van der Waals surface area contributed by atoms with Crippen LogP contribution in [-0.2, 0) is 9.53 Å². The molecular formula is C19H21N3O5S. The fourth-order valence-corrected chi connectivity index (χ4v) is 3.20. The van der Waals surface area contributed by atoms with Gasteiger partial charge in [0.1, 0.15) is 13.2 Å². The average Bonchev–Trinajstić information content (AvgIpc) is 3.19. The Labute approximate surface area is 166 Å². The predicted molar refractivity (Wildman–Crippen MR) is 105 cm³/mol. The molecule has 0 fully saturated rings. The molecule has 0 saturated carbocycles. The van der Waals surface area contributed by atoms with Gasteiger partial charge in [-0.1, -0.05) is 12.1 Å². The SMILES string of the molecule is C=CCNc1nc(C(=O)OCC(=O)N[C@H](C)c2ccc3c(c2)OCCO3)cs1. The van der Waals surface area contributed by atoms with Gasteiger partial charge < -0.3 is 24.8 Å². The molecule has 8 nitrogen and oxygen atoms in total. The molecule has 1 amide bonds. The Kier molecular flexibility index (Phi) is 6.49. The first-order chi connectivity index (χ1) is 13.6. The van der Waals surface area contributed by atoms with E-state index in [1.165, 1.54) is 11.3 Å². The number of amides is 1. The van der Waals surface area contributed by atoms with Crippen molar-refractivity contribution in [1.82, 2.24) is 10.3 Å². The molecule has 1 aliphatic heterocycles. The molecule has 9 heteroatoms. The number of nitrogens with zero attached hydrogens (tertiary/aromatic N) is 1. The molecule has 1 atom stereocenters. The van der Waals surface area contributed by atoms with Crippen molar-refractivity contribution in [2.24, 2.45) is 0 Å². The second-order valence-corrected chi connectivity index (χ2v) is 6.83. The van der Waals surface area contributed by atoms with Crippen molar-refractivity contribution in [2.45, 2.75) is 13.0 Å². The van der Waals surface area contributed by atoms with Crippen LogP contribution in [0.2, 0.25) is 0 Å². The number of esters is 1. The van der Waals surface area contributed by atoms with Crippen molar-refractivity contribution in [1.29, 1.82) is 0 Å². The van der Waals surface area contributed by atoms with Gasteiger partial charge in [-0.15, -0.1) is 17.9 Å². The van der Waals surface area contributed by atoms with Crippen molar-refractivity contribution >= 4 is 28.3 Å². The largest absolute Gasteiger partial charge is 0.486 e. The monoisotopic (exact) mass is 403 g/mol. The minimum Gasteiger partial charge on any atom is -0.486 e. The first kappa shape index (κ1) is 19.7. The maximum absolute atomic E-state index is 12.1. The third-order valence-corrected chi connectivity index (χ3v) is 4.69. The second kappa shape index (κ2) is 9.23. The van der Waals surface area contributed by atoms with Crippen LogP contribution in [0.4, 0.5) is 5.13 Å². The molecule has 0 unspecified atom stereocenters. The van der Waals surface area contributed by atoms with E-state index in [2.05, 4.69) is 22.2 Å². The molecule has 0 saturated heterocycles. The first-order valence-electron chi connectivity index (χ1n) is 8.73. The molecule has 2 N–H and O–H groups in total. The number of fused-ring (bicyclic) bond motifs is 1. The predicted octanol–water partition coefficient (Wildman–Crippen LogP) is 2.55. The number of hydrogen-bond acceptors (Lipinski definition) is 8. The van der Waals surface area contributed by atoms with Crippen LogP contribution in [0.3, 0.4) is 0 Å². The van der Waals surface area contributed by atoms with Crippen molar-refractivity contribution in [3.05, 3.63) is 47.5 Å². The number of aromatic nitrogens is 1. The number of anilines is 1. The number of carbonyl (C=O) groups is 2. The minimum atomic E-state index is -0.648. The van der Waals surface area contributed by atoms with Gasteiger partial charge in [0.05, 0.1) is 6.04 Å². The summed E-state index contributed by atoms with van der Waals surface area (Å²) in [6.07, 6.45) is 1.69. The van der Waals surface area contributed by atoms with E-state index in [4.69, 9.17) is 14.2 Å². The highest BCUT2D eigenvalue weighted by Gasteiger charge is 2.18. The van der Waals surface area contributed by atoms with Crippen molar-refractivity contribution < 1.29 is 23.8 Å². The molecule has 2 aromatic rings. The van der Waals surface area contributed by atoms with Gasteiger partial charge >= 0.3 is 5.97 Å². The van der Waals surface area contributed by atoms with Crippen LogP contribution in [0.25, 0.3) is 0 Å². The van der Waals surface area contributed by atoms with Crippen LogP contribution in [0, 0.1) is 0 Å². The highest BCUT2D eigenvalue weighted by atomic mass is 32.1. The van der Waals surface area contributed by atoms with E-state index in [9.17, 15) is 9.59 Å². The molecule has 0 aliphatic carbocycles. The van der Waals surface area contributed by atoms with Gasteiger partial charge in [-0.05, 0) is 24.6 Å². The Morgan fingerprint density at radius 1 is 1.36 bits per heavy atom. The molecular weight excluding hydrogens is 382 g/mol. The molecule has 28 heavy (non-hydrogen) atoms. The highest BCUT2D eigenvalue weighted by molar-refractivity contribution is 7.13. The molecule has 148 valence electrons. The average molecular weight is 403 g/mol. The Balaban J connectivity index is 1.49. The van der Waals surface area contributed by atoms with E-state index in [1.54, 1.807) is 11.5 Å². The summed E-state index contributed by atoms with van der Waals surface area (Å²) in [5, 5.41) is 7.93. The number of rotatable bonds is 8. The number of ether oxygens (including phenoxy) is 3. The lowest BCUT2D eigenvalue weighted by molar-refractivity contribution is -0.124. The van der Waals surface area contributed by atoms with Crippen LogP contribution in [-0.4, -0.2) is 43.2 Å². The summed E-state index contributed by atoms with van der Waals surface area (Å²) >= 11 is 1.28. The van der Waals surface area contributed by atoms with E-state index in [1.807, 2.05) is 25.1 Å². The van der Waals surface area contributed by atoms with Gasteiger partial charge in [0.15, 0.2) is 28.9 Å². The minimum absolute atomic E-state index is 0.157. The third-order valence-electron chi connectivity index (χ3n) is 3.89. The molecule has 0 spiro atoms. The molecule has 0 radical (unpaired) electrons. The van der Waals surface area contributed by atoms with Gasteiger partial charge in [-0.2, -0.15) is 0 Å². The zero-order valence-corrected chi connectivity index (χ0v) is 16.2. The number of thiazole rings is 1. The summed E-state index contributed by atoms with van der Waals surface area (Å²) in [4.78, 5) is 28.2. The topological polar surface area (TPSA) is 98.8 Å². The van der Waals surface area contributed by atoms with Crippen LogP contribution < -0.4 is 20.1 Å². The Hall–Kier alpha value is -3.07. The molecule has 2 heterocycles. The summed E-state index contributed by atoms with van der Waals surface area (Å²) in [6.45, 7) is 6.61. The Morgan fingerprint density at radius 3 is 2.93 bits per heavy atom. The van der Waals surface area contributed by atoms with Crippen LogP contribution >= 0.6 is 11.3 Å². The van der Waals surface area contributed by atoms with Crippen molar-refractivity contribution in [3.8, 4) is 11.5 Å². The molecule has 0 bridgehead atoms. The third kappa shape index (κ3) is 5.01. The quantitative estimate of drug-likeness (QED) is 0.516. The molecule has 1 aromatic carbocycles. The van der Waals surface area contributed by atoms with Gasteiger partial charge in [-0.3, -0.25) is 4.79 Å².